The van der Waals surface area contributed by atoms with Crippen LogP contribution in [-0.4, -0.2) is 36.6 Å². The summed E-state index contributed by atoms with van der Waals surface area (Å²) in [6.07, 6.45) is 32.3. The quantitative estimate of drug-likeness (QED) is 0.0871. The van der Waals surface area contributed by atoms with Gasteiger partial charge in [-0.05, 0) is 77.0 Å². The molecule has 0 atom stereocenters. The average Bonchev–Trinajstić information content (AvgIpc) is 2.82. The largest absolute Gasteiger partial charge is 0.550 e. The number of carboxylic acids is 1. The molecular weight excluding hydrogens is 430 g/mol. The molecule has 0 saturated heterocycles. The second-order valence-corrected chi connectivity index (χ2v) is 9.59. The first-order valence-electron chi connectivity index (χ1n) is 14.7. The van der Waals surface area contributed by atoms with E-state index in [1.165, 1.54) is 82.0 Å². The van der Waals surface area contributed by atoms with Gasteiger partial charge in [-0.2, -0.15) is 0 Å². The maximum Gasteiger partial charge on any atom is 0.0783 e. The molecule has 0 aromatic rings. The standard InChI is InChI=1S/C20H32O2.C12H28N/c1-2-3-4-5-6-7-8-9-10-11-12-13-14-15-16-17-18-19-20(21)22;1-5-9-13(10-6-2,11-7-3)12-8-4/h6-7,9-10,12-13,15-16H,2-5,8,11,14,17-19H2,1H3,(H,21,22);5-12H2,1-4H3/q;+1/p-1. The summed E-state index contributed by atoms with van der Waals surface area (Å²) >= 11 is 0. The Morgan fingerprint density at radius 2 is 0.914 bits per heavy atom. The maximum absolute atomic E-state index is 10.2. The molecule has 0 aliphatic carbocycles. The summed E-state index contributed by atoms with van der Waals surface area (Å²) in [7, 11) is 0. The van der Waals surface area contributed by atoms with Crippen molar-refractivity contribution in [1.82, 2.24) is 0 Å². The van der Waals surface area contributed by atoms with Crippen LogP contribution in [0, 0.1) is 0 Å². The summed E-state index contributed by atoms with van der Waals surface area (Å²) in [4.78, 5) is 10.2. The van der Waals surface area contributed by atoms with Crippen molar-refractivity contribution in [1.29, 1.82) is 0 Å². The van der Waals surface area contributed by atoms with Crippen LogP contribution < -0.4 is 5.11 Å². The molecule has 0 radical (unpaired) electrons. The molecule has 0 fully saturated rings. The van der Waals surface area contributed by atoms with E-state index in [0.29, 0.717) is 6.42 Å². The van der Waals surface area contributed by atoms with Crippen LogP contribution in [0.5, 0.6) is 0 Å². The fraction of sp³-hybridized carbons (Fsp3) is 0.719. The number of unbranched alkanes of at least 4 members (excludes halogenated alkanes) is 4. The summed E-state index contributed by atoms with van der Waals surface area (Å²) in [5, 5.41) is 10.2. The first-order valence-corrected chi connectivity index (χ1v) is 14.7. The van der Waals surface area contributed by atoms with Crippen LogP contribution >= 0.6 is 0 Å². The molecule has 3 heteroatoms. The minimum atomic E-state index is -0.962. The predicted molar refractivity (Wildman–Crippen MR) is 154 cm³/mol. The maximum atomic E-state index is 10.2. The summed E-state index contributed by atoms with van der Waals surface area (Å²) in [5.74, 6) is -0.962. The molecule has 0 spiro atoms. The molecule has 0 unspecified atom stereocenters. The Morgan fingerprint density at radius 1 is 0.543 bits per heavy atom. The van der Waals surface area contributed by atoms with Gasteiger partial charge in [-0.25, -0.2) is 0 Å². The van der Waals surface area contributed by atoms with E-state index >= 15 is 0 Å². The molecule has 3 nitrogen and oxygen atoms in total. The van der Waals surface area contributed by atoms with Gasteiger partial charge in [-0.1, -0.05) is 96.1 Å². The Kier molecular flexibility index (Phi) is 29.1. The van der Waals surface area contributed by atoms with Crippen molar-refractivity contribution < 1.29 is 14.4 Å². The lowest BCUT2D eigenvalue weighted by molar-refractivity contribution is -0.928. The third-order valence-electron chi connectivity index (χ3n) is 6.00. The van der Waals surface area contributed by atoms with E-state index in [2.05, 4.69) is 77.2 Å². The van der Waals surface area contributed by atoms with Crippen molar-refractivity contribution in [3.8, 4) is 0 Å². The molecule has 0 aliphatic heterocycles. The highest BCUT2D eigenvalue weighted by Crippen LogP contribution is 2.12. The van der Waals surface area contributed by atoms with E-state index in [0.717, 1.165) is 25.7 Å². The lowest BCUT2D eigenvalue weighted by Crippen LogP contribution is -2.50. The number of carbonyl (C=O) groups excluding carboxylic acids is 1. The highest BCUT2D eigenvalue weighted by Gasteiger charge is 2.22. The van der Waals surface area contributed by atoms with Gasteiger partial charge in [0.15, 0.2) is 0 Å². The van der Waals surface area contributed by atoms with Crippen LogP contribution in [0.25, 0.3) is 0 Å². The van der Waals surface area contributed by atoms with Crippen LogP contribution in [-0.2, 0) is 4.79 Å². The van der Waals surface area contributed by atoms with Gasteiger partial charge >= 0.3 is 0 Å². The van der Waals surface area contributed by atoms with Crippen molar-refractivity contribution in [2.45, 2.75) is 125 Å². The second kappa shape index (κ2) is 28.6. The third kappa shape index (κ3) is 26.8. The molecular formula is C32H59NO2. The molecule has 0 aromatic heterocycles. The first kappa shape index (κ1) is 35.6. The van der Waals surface area contributed by atoms with Crippen LogP contribution in [0.4, 0.5) is 0 Å². The molecule has 0 rings (SSSR count). The van der Waals surface area contributed by atoms with Gasteiger partial charge in [0.2, 0.25) is 0 Å². The van der Waals surface area contributed by atoms with Gasteiger partial charge in [0.1, 0.15) is 0 Å². The second-order valence-electron chi connectivity index (χ2n) is 9.59. The van der Waals surface area contributed by atoms with E-state index in [1.807, 2.05) is 6.08 Å². The zero-order chi connectivity index (χ0) is 26.5. The smallest absolute Gasteiger partial charge is 0.0783 e. The Hall–Kier alpha value is -1.61. The van der Waals surface area contributed by atoms with Crippen molar-refractivity contribution in [2.75, 3.05) is 26.2 Å². The van der Waals surface area contributed by atoms with Crippen molar-refractivity contribution in [3.63, 3.8) is 0 Å². The number of aliphatic carboxylic acids is 1. The number of nitrogens with zero attached hydrogens (tertiary/aromatic N) is 1. The highest BCUT2D eigenvalue weighted by atomic mass is 16.4. The summed E-state index contributed by atoms with van der Waals surface area (Å²) in [6.45, 7) is 17.0. The van der Waals surface area contributed by atoms with Gasteiger partial charge in [-0.3, -0.25) is 0 Å². The molecule has 0 N–H and O–H groups in total. The minimum Gasteiger partial charge on any atom is -0.550 e. The number of hydrogen-bond donors (Lipinski definition) is 0. The SMILES string of the molecule is CCCCCC=CCC=CCC=CCC=CCCCC(=O)[O-].CCC[N+](CCC)(CCC)CCC. The topological polar surface area (TPSA) is 40.1 Å². The summed E-state index contributed by atoms with van der Waals surface area (Å²) < 4.78 is 1.38. The number of rotatable bonds is 22. The van der Waals surface area contributed by atoms with Crippen molar-refractivity contribution in [2.24, 2.45) is 0 Å². The van der Waals surface area contributed by atoms with Gasteiger partial charge in [0.25, 0.3) is 0 Å². The Morgan fingerprint density at radius 3 is 1.26 bits per heavy atom. The molecule has 0 aliphatic rings. The van der Waals surface area contributed by atoms with E-state index in [9.17, 15) is 9.90 Å². The Bertz CT molecular complexity index is 530. The third-order valence-corrected chi connectivity index (χ3v) is 6.00. The van der Waals surface area contributed by atoms with Crippen LogP contribution in [0.3, 0.4) is 0 Å². The molecule has 0 aromatic carbocycles. The molecule has 0 bridgehead atoms. The Labute approximate surface area is 219 Å². The number of carbonyl (C=O) groups is 1. The molecule has 0 saturated carbocycles. The zero-order valence-electron chi connectivity index (χ0n) is 24.1. The fourth-order valence-electron chi connectivity index (χ4n) is 4.49. The number of allylic oxidation sites excluding steroid dienone is 8. The van der Waals surface area contributed by atoms with Gasteiger partial charge in [0, 0.05) is 5.97 Å². The average molecular weight is 490 g/mol. The zero-order valence-corrected chi connectivity index (χ0v) is 24.1. The van der Waals surface area contributed by atoms with E-state index in [-0.39, 0.29) is 6.42 Å². The molecule has 0 heterocycles. The van der Waals surface area contributed by atoms with Crippen molar-refractivity contribution >= 4 is 5.97 Å². The Balaban J connectivity index is 0. The van der Waals surface area contributed by atoms with E-state index in [4.69, 9.17) is 0 Å². The van der Waals surface area contributed by atoms with E-state index in [1.54, 1.807) is 0 Å². The lowest BCUT2D eigenvalue weighted by Gasteiger charge is -2.38. The van der Waals surface area contributed by atoms with Crippen LogP contribution in [0.1, 0.15) is 125 Å². The van der Waals surface area contributed by atoms with Gasteiger partial charge < -0.3 is 14.4 Å². The fourth-order valence-corrected chi connectivity index (χ4v) is 4.49. The molecule has 35 heavy (non-hydrogen) atoms. The summed E-state index contributed by atoms with van der Waals surface area (Å²) in [6, 6.07) is 0. The van der Waals surface area contributed by atoms with Gasteiger partial charge in [0.05, 0.1) is 26.2 Å². The number of hydrogen-bond acceptors (Lipinski definition) is 2. The highest BCUT2D eigenvalue weighted by molar-refractivity contribution is 5.64. The van der Waals surface area contributed by atoms with Crippen LogP contribution in [0.2, 0.25) is 0 Å². The van der Waals surface area contributed by atoms with Crippen molar-refractivity contribution in [3.05, 3.63) is 48.6 Å². The molecule has 0 amide bonds. The monoisotopic (exact) mass is 489 g/mol. The van der Waals surface area contributed by atoms with E-state index < -0.39 is 5.97 Å². The lowest BCUT2D eigenvalue weighted by atomic mass is 10.2. The number of quaternary nitrogens is 1. The van der Waals surface area contributed by atoms with Gasteiger partial charge in [-0.15, -0.1) is 0 Å². The van der Waals surface area contributed by atoms with Crippen LogP contribution in [0.15, 0.2) is 48.6 Å². The first-order chi connectivity index (χ1) is 17.0. The molecule has 204 valence electrons. The minimum absolute atomic E-state index is 0.151. The number of carboxylic acid groups (broad SMARTS) is 1. The predicted octanol–water partition coefficient (Wildman–Crippen LogP) is 8.33. The summed E-state index contributed by atoms with van der Waals surface area (Å²) in [5.41, 5.74) is 0. The normalized spacial score (nSPS) is 12.3.